The molecule has 0 aromatic carbocycles. The first-order valence-electron chi connectivity index (χ1n) is 8.00. The Kier molecular flexibility index (Phi) is 4.86. The van der Waals surface area contributed by atoms with Gasteiger partial charge in [-0.15, -0.1) is 0 Å². The van der Waals surface area contributed by atoms with Gasteiger partial charge in [-0.1, -0.05) is 6.07 Å². The summed E-state index contributed by atoms with van der Waals surface area (Å²) in [6.45, 7) is 4.21. The van der Waals surface area contributed by atoms with Crippen LogP contribution in [0.1, 0.15) is 30.6 Å². The van der Waals surface area contributed by atoms with Gasteiger partial charge in [0.15, 0.2) is 0 Å². The first-order chi connectivity index (χ1) is 11.2. The van der Waals surface area contributed by atoms with Gasteiger partial charge in [0.05, 0.1) is 19.0 Å². The van der Waals surface area contributed by atoms with Crippen molar-refractivity contribution in [3.63, 3.8) is 0 Å². The van der Waals surface area contributed by atoms with Gasteiger partial charge < -0.3 is 4.74 Å². The number of halogens is 1. The van der Waals surface area contributed by atoms with Gasteiger partial charge in [-0.25, -0.2) is 9.37 Å². The topological polar surface area (TPSA) is 38.2 Å². The molecule has 1 saturated heterocycles. The smallest absolute Gasteiger partial charge is 0.213 e. The van der Waals surface area contributed by atoms with E-state index < -0.39 is 0 Å². The molecular weight excluding hydrogens is 293 g/mol. The van der Waals surface area contributed by atoms with E-state index in [1.165, 1.54) is 6.20 Å². The molecule has 2 aromatic heterocycles. The maximum absolute atomic E-state index is 13.2. The molecule has 0 N–H and O–H groups in total. The minimum absolute atomic E-state index is 0.251. The fourth-order valence-corrected chi connectivity index (χ4v) is 3.25. The number of ether oxygens (including phenoxy) is 1. The minimum Gasteiger partial charge on any atom is -0.481 e. The molecule has 23 heavy (non-hydrogen) atoms. The lowest BCUT2D eigenvalue weighted by Crippen LogP contribution is -2.25. The maximum Gasteiger partial charge on any atom is 0.213 e. The zero-order valence-electron chi connectivity index (χ0n) is 13.6. The van der Waals surface area contributed by atoms with Crippen molar-refractivity contribution >= 4 is 0 Å². The molecule has 2 aromatic rings. The number of pyridine rings is 2. The Morgan fingerprint density at radius 1 is 1.39 bits per heavy atom. The highest BCUT2D eigenvalue weighted by molar-refractivity contribution is 5.18. The Hall–Kier alpha value is -2.01. The molecular formula is C18H22FN3O. The Morgan fingerprint density at radius 2 is 2.26 bits per heavy atom. The first-order valence-corrected chi connectivity index (χ1v) is 8.00. The normalized spacial score (nSPS) is 19.7. The van der Waals surface area contributed by atoms with Crippen LogP contribution in [0.5, 0.6) is 5.88 Å². The van der Waals surface area contributed by atoms with Gasteiger partial charge in [-0.2, -0.15) is 0 Å². The Bertz CT molecular complexity index is 664. The van der Waals surface area contributed by atoms with Crippen molar-refractivity contribution in [3.8, 4) is 5.88 Å². The lowest BCUT2D eigenvalue weighted by atomic mass is 10.00. The highest BCUT2D eigenvalue weighted by atomic mass is 19.1. The van der Waals surface area contributed by atoms with Crippen LogP contribution in [-0.2, 0) is 6.42 Å². The van der Waals surface area contributed by atoms with Crippen molar-refractivity contribution in [2.45, 2.75) is 25.8 Å². The second kappa shape index (κ2) is 7.04. The molecule has 0 bridgehead atoms. The standard InChI is InChI=1S/C18H22FN3O/c1-13(17-4-3-5-18(21-17)23-2)22-7-6-14(12-22)8-15-9-16(19)11-20-10-15/h3-5,9-11,13-14H,6-8,12H2,1-2H3/t13?,14-/m1/s1. The fourth-order valence-electron chi connectivity index (χ4n) is 3.25. The van der Waals surface area contributed by atoms with Crippen LogP contribution < -0.4 is 4.74 Å². The van der Waals surface area contributed by atoms with E-state index in [0.29, 0.717) is 11.8 Å². The summed E-state index contributed by atoms with van der Waals surface area (Å²) >= 11 is 0. The van der Waals surface area contributed by atoms with Gasteiger partial charge in [-0.05, 0) is 49.9 Å². The zero-order valence-corrected chi connectivity index (χ0v) is 13.6. The summed E-state index contributed by atoms with van der Waals surface area (Å²) in [7, 11) is 1.63. The first kappa shape index (κ1) is 15.9. The molecule has 0 aliphatic carbocycles. The lowest BCUT2D eigenvalue weighted by molar-refractivity contribution is 0.246. The van der Waals surface area contributed by atoms with E-state index in [0.717, 1.165) is 37.2 Å². The highest BCUT2D eigenvalue weighted by Crippen LogP contribution is 2.29. The number of methoxy groups -OCH3 is 1. The number of likely N-dealkylation sites (tertiary alicyclic amines) is 1. The summed E-state index contributed by atoms with van der Waals surface area (Å²) in [5.41, 5.74) is 2.00. The van der Waals surface area contributed by atoms with Crippen LogP contribution in [0.15, 0.2) is 36.7 Å². The Morgan fingerprint density at radius 3 is 3.04 bits per heavy atom. The lowest BCUT2D eigenvalue weighted by Gasteiger charge is -2.24. The molecule has 0 saturated carbocycles. The quantitative estimate of drug-likeness (QED) is 0.849. The monoisotopic (exact) mass is 315 g/mol. The molecule has 0 amide bonds. The molecule has 3 heterocycles. The molecule has 1 aliphatic rings. The summed E-state index contributed by atoms with van der Waals surface area (Å²) in [6, 6.07) is 7.71. The van der Waals surface area contributed by atoms with Crippen molar-refractivity contribution in [2.75, 3.05) is 20.2 Å². The van der Waals surface area contributed by atoms with E-state index in [1.807, 2.05) is 18.2 Å². The van der Waals surface area contributed by atoms with Crippen LogP contribution in [0, 0.1) is 11.7 Å². The summed E-state index contributed by atoms with van der Waals surface area (Å²) in [6.07, 6.45) is 5.00. The maximum atomic E-state index is 13.2. The number of hydrogen-bond acceptors (Lipinski definition) is 4. The van der Waals surface area contributed by atoms with Gasteiger partial charge >= 0.3 is 0 Å². The second-order valence-corrected chi connectivity index (χ2v) is 6.15. The average molecular weight is 315 g/mol. The number of nitrogens with zero attached hydrogens (tertiary/aromatic N) is 3. The SMILES string of the molecule is COc1cccc(C(C)N2CC[C@H](Cc3cncc(F)c3)C2)n1. The third kappa shape index (κ3) is 3.85. The third-order valence-electron chi connectivity index (χ3n) is 4.53. The molecule has 1 unspecified atom stereocenters. The molecule has 0 spiro atoms. The Balaban J connectivity index is 1.62. The van der Waals surface area contributed by atoms with Gasteiger partial charge in [-0.3, -0.25) is 9.88 Å². The largest absolute Gasteiger partial charge is 0.481 e. The van der Waals surface area contributed by atoms with E-state index in [4.69, 9.17) is 4.74 Å². The summed E-state index contributed by atoms with van der Waals surface area (Å²) < 4.78 is 18.5. The van der Waals surface area contributed by atoms with Crippen molar-refractivity contribution < 1.29 is 9.13 Å². The van der Waals surface area contributed by atoms with Gasteiger partial charge in [0, 0.05) is 24.8 Å². The van der Waals surface area contributed by atoms with Gasteiger partial charge in [0.1, 0.15) is 5.82 Å². The van der Waals surface area contributed by atoms with Crippen molar-refractivity contribution in [1.29, 1.82) is 0 Å². The highest BCUT2D eigenvalue weighted by Gasteiger charge is 2.27. The van der Waals surface area contributed by atoms with Crippen molar-refractivity contribution in [3.05, 3.63) is 53.7 Å². The van der Waals surface area contributed by atoms with E-state index >= 15 is 0 Å². The van der Waals surface area contributed by atoms with Crippen LogP contribution in [0.25, 0.3) is 0 Å². The predicted molar refractivity (Wildman–Crippen MR) is 86.8 cm³/mol. The van der Waals surface area contributed by atoms with E-state index in [1.54, 1.807) is 19.4 Å². The molecule has 5 heteroatoms. The second-order valence-electron chi connectivity index (χ2n) is 6.15. The molecule has 1 aliphatic heterocycles. The van der Waals surface area contributed by atoms with Gasteiger partial charge in [0.2, 0.25) is 5.88 Å². The molecule has 122 valence electrons. The summed E-state index contributed by atoms with van der Waals surface area (Å²) in [4.78, 5) is 10.9. The Labute approximate surface area is 136 Å². The molecule has 2 atom stereocenters. The average Bonchev–Trinajstić information content (AvgIpc) is 3.02. The van der Waals surface area contributed by atoms with Crippen LogP contribution >= 0.6 is 0 Å². The fraction of sp³-hybridized carbons (Fsp3) is 0.444. The van der Waals surface area contributed by atoms with Crippen LogP contribution in [0.2, 0.25) is 0 Å². The molecule has 0 radical (unpaired) electrons. The van der Waals surface area contributed by atoms with Crippen molar-refractivity contribution in [2.24, 2.45) is 5.92 Å². The van der Waals surface area contributed by atoms with E-state index in [2.05, 4.69) is 21.8 Å². The van der Waals surface area contributed by atoms with Gasteiger partial charge in [0.25, 0.3) is 0 Å². The van der Waals surface area contributed by atoms with Crippen LogP contribution in [0.3, 0.4) is 0 Å². The molecule has 4 nitrogen and oxygen atoms in total. The number of rotatable bonds is 5. The number of hydrogen-bond donors (Lipinski definition) is 0. The van der Waals surface area contributed by atoms with Crippen molar-refractivity contribution in [1.82, 2.24) is 14.9 Å². The molecule has 1 fully saturated rings. The minimum atomic E-state index is -0.258. The number of aromatic nitrogens is 2. The zero-order chi connectivity index (χ0) is 16.2. The third-order valence-corrected chi connectivity index (χ3v) is 4.53. The van der Waals surface area contributed by atoms with Crippen LogP contribution in [-0.4, -0.2) is 35.1 Å². The predicted octanol–water partition coefficient (Wildman–Crippen LogP) is 3.25. The molecule has 3 rings (SSSR count). The summed E-state index contributed by atoms with van der Waals surface area (Å²) in [5.74, 6) is 0.925. The summed E-state index contributed by atoms with van der Waals surface area (Å²) in [5, 5.41) is 0. The van der Waals surface area contributed by atoms with Crippen LogP contribution in [0.4, 0.5) is 4.39 Å². The van der Waals surface area contributed by atoms with E-state index in [9.17, 15) is 4.39 Å². The van der Waals surface area contributed by atoms with E-state index in [-0.39, 0.29) is 11.9 Å².